The van der Waals surface area contributed by atoms with Crippen LogP contribution in [0.1, 0.15) is 52.9 Å². The molecule has 1 heterocycles. The molecule has 1 saturated carbocycles. The molecule has 3 atom stereocenters. The molecular weight excluding hydrogens is 354 g/mol. The summed E-state index contributed by atoms with van der Waals surface area (Å²) in [5, 5.41) is 12.8. The number of esters is 1. The number of aliphatic carboxylic acids is 1. The van der Waals surface area contributed by atoms with Crippen molar-refractivity contribution in [3.8, 4) is 0 Å². The van der Waals surface area contributed by atoms with Crippen molar-refractivity contribution in [1.82, 2.24) is 10.3 Å². The lowest BCUT2D eigenvalue weighted by atomic mass is 9.95. The standard InChI is InChI=1S/C18H29N3O6/c1-18(2,3)27-17(26)12(8-10-4-5-10)15(23)21(19)13(16(24)25)9-11-6-7-20-14(11)22/h10-13H,4-9,19H2,1-3H3,(H,20,22)(H,24,25). The quantitative estimate of drug-likeness (QED) is 0.181. The van der Waals surface area contributed by atoms with Gasteiger partial charge in [0, 0.05) is 12.5 Å². The van der Waals surface area contributed by atoms with Gasteiger partial charge in [-0.05, 0) is 46.0 Å². The molecule has 0 radical (unpaired) electrons. The van der Waals surface area contributed by atoms with Gasteiger partial charge in [-0.2, -0.15) is 0 Å². The second kappa shape index (κ2) is 8.24. The maximum atomic E-state index is 12.9. The van der Waals surface area contributed by atoms with Crippen LogP contribution in [-0.4, -0.2) is 52.1 Å². The second-order valence-electron chi connectivity index (χ2n) is 8.38. The van der Waals surface area contributed by atoms with Gasteiger partial charge in [-0.25, -0.2) is 10.6 Å². The Kier molecular flexibility index (Phi) is 6.46. The van der Waals surface area contributed by atoms with Gasteiger partial charge >= 0.3 is 11.9 Å². The summed E-state index contributed by atoms with van der Waals surface area (Å²) in [6.45, 7) is 5.56. The Balaban J connectivity index is 2.13. The van der Waals surface area contributed by atoms with E-state index in [9.17, 15) is 24.3 Å². The van der Waals surface area contributed by atoms with E-state index in [1.165, 1.54) is 0 Å². The summed E-state index contributed by atoms with van der Waals surface area (Å²) in [6.07, 6.45) is 2.53. The van der Waals surface area contributed by atoms with E-state index in [-0.39, 0.29) is 24.7 Å². The summed E-state index contributed by atoms with van der Waals surface area (Å²) < 4.78 is 5.34. The van der Waals surface area contributed by atoms with Crippen molar-refractivity contribution in [2.45, 2.75) is 64.5 Å². The fraction of sp³-hybridized carbons (Fsp3) is 0.778. The highest BCUT2D eigenvalue weighted by atomic mass is 16.6. The van der Waals surface area contributed by atoms with Crippen molar-refractivity contribution >= 4 is 23.8 Å². The van der Waals surface area contributed by atoms with Crippen LogP contribution in [0.15, 0.2) is 0 Å². The van der Waals surface area contributed by atoms with Gasteiger partial charge in [-0.1, -0.05) is 12.8 Å². The topological polar surface area (TPSA) is 139 Å². The second-order valence-corrected chi connectivity index (χ2v) is 8.38. The molecule has 27 heavy (non-hydrogen) atoms. The highest BCUT2D eigenvalue weighted by Gasteiger charge is 2.42. The van der Waals surface area contributed by atoms with Gasteiger partial charge in [0.1, 0.15) is 17.6 Å². The van der Waals surface area contributed by atoms with Crippen LogP contribution in [0.4, 0.5) is 0 Å². The van der Waals surface area contributed by atoms with Crippen LogP contribution in [0.5, 0.6) is 0 Å². The smallest absolute Gasteiger partial charge is 0.328 e. The summed E-state index contributed by atoms with van der Waals surface area (Å²) in [4.78, 5) is 48.8. The van der Waals surface area contributed by atoms with Gasteiger partial charge in [-0.15, -0.1) is 0 Å². The van der Waals surface area contributed by atoms with Crippen LogP contribution < -0.4 is 11.2 Å². The van der Waals surface area contributed by atoms with E-state index in [0.717, 1.165) is 12.8 Å². The van der Waals surface area contributed by atoms with Crippen molar-refractivity contribution in [3.05, 3.63) is 0 Å². The fourth-order valence-corrected chi connectivity index (χ4v) is 3.16. The van der Waals surface area contributed by atoms with Gasteiger partial charge in [0.05, 0.1) is 0 Å². The fourth-order valence-electron chi connectivity index (χ4n) is 3.16. The molecule has 152 valence electrons. The molecule has 0 aromatic carbocycles. The number of ether oxygens (including phenoxy) is 1. The molecule has 0 spiro atoms. The van der Waals surface area contributed by atoms with E-state index in [4.69, 9.17) is 10.6 Å². The van der Waals surface area contributed by atoms with Crippen molar-refractivity contribution in [3.63, 3.8) is 0 Å². The number of carboxylic acid groups (broad SMARTS) is 1. The highest BCUT2D eigenvalue weighted by molar-refractivity contribution is 5.99. The number of carbonyl (C=O) groups excluding carboxylic acids is 3. The first-order valence-corrected chi connectivity index (χ1v) is 9.30. The molecule has 9 heteroatoms. The van der Waals surface area contributed by atoms with Crippen molar-refractivity contribution < 1.29 is 29.0 Å². The zero-order valence-electron chi connectivity index (χ0n) is 16.1. The van der Waals surface area contributed by atoms with E-state index >= 15 is 0 Å². The third-order valence-electron chi connectivity index (χ3n) is 4.80. The number of nitrogens with zero attached hydrogens (tertiary/aromatic N) is 1. The predicted molar refractivity (Wildman–Crippen MR) is 94.9 cm³/mol. The Bertz CT molecular complexity index is 611. The average molecular weight is 383 g/mol. The van der Waals surface area contributed by atoms with Crippen molar-refractivity contribution in [1.29, 1.82) is 0 Å². The zero-order chi connectivity index (χ0) is 20.4. The number of nitrogens with one attached hydrogen (secondary N) is 1. The largest absolute Gasteiger partial charge is 0.480 e. The molecule has 1 saturated heterocycles. The van der Waals surface area contributed by atoms with Gasteiger partial charge in [0.15, 0.2) is 0 Å². The Morgan fingerprint density at radius 2 is 1.89 bits per heavy atom. The lowest BCUT2D eigenvalue weighted by Crippen LogP contribution is -2.54. The number of hydrazine groups is 1. The first kappa shape index (κ1) is 21.1. The molecule has 0 aromatic heterocycles. The number of hydrogen-bond donors (Lipinski definition) is 3. The van der Waals surface area contributed by atoms with Crippen LogP contribution in [0, 0.1) is 17.8 Å². The molecule has 4 N–H and O–H groups in total. The normalized spacial score (nSPS) is 21.9. The first-order chi connectivity index (χ1) is 12.5. The Morgan fingerprint density at radius 3 is 2.33 bits per heavy atom. The summed E-state index contributed by atoms with van der Waals surface area (Å²) in [6, 6.07) is -1.38. The van der Waals surface area contributed by atoms with Crippen LogP contribution in [0.2, 0.25) is 0 Å². The Morgan fingerprint density at radius 1 is 1.26 bits per heavy atom. The van der Waals surface area contributed by atoms with E-state index in [1.54, 1.807) is 20.8 Å². The molecule has 3 unspecified atom stereocenters. The van der Waals surface area contributed by atoms with Crippen LogP contribution in [-0.2, 0) is 23.9 Å². The Hall–Kier alpha value is -2.16. The number of hydrogen-bond acceptors (Lipinski definition) is 6. The molecule has 0 aromatic rings. The molecular formula is C18H29N3O6. The van der Waals surface area contributed by atoms with Crippen molar-refractivity contribution in [2.24, 2.45) is 23.6 Å². The van der Waals surface area contributed by atoms with Gasteiger partial charge in [0.25, 0.3) is 5.91 Å². The summed E-state index contributed by atoms with van der Waals surface area (Å²) in [5.41, 5.74) is -0.771. The zero-order valence-corrected chi connectivity index (χ0v) is 16.1. The minimum absolute atomic E-state index is 0.0894. The van der Waals surface area contributed by atoms with Gasteiger partial charge in [0.2, 0.25) is 5.91 Å². The van der Waals surface area contributed by atoms with Crippen molar-refractivity contribution in [2.75, 3.05) is 6.54 Å². The molecule has 1 aliphatic carbocycles. The molecule has 2 aliphatic rings. The molecule has 9 nitrogen and oxygen atoms in total. The monoisotopic (exact) mass is 383 g/mol. The minimum Gasteiger partial charge on any atom is -0.480 e. The van der Waals surface area contributed by atoms with E-state index in [1.807, 2.05) is 0 Å². The maximum Gasteiger partial charge on any atom is 0.328 e. The van der Waals surface area contributed by atoms with Gasteiger partial charge in [-0.3, -0.25) is 19.4 Å². The number of carboxylic acids is 1. The summed E-state index contributed by atoms with van der Waals surface area (Å²) in [5.74, 6) is 1.40. The van der Waals surface area contributed by atoms with Crippen LogP contribution in [0.3, 0.4) is 0 Å². The number of nitrogens with two attached hydrogens (primary N) is 1. The highest BCUT2D eigenvalue weighted by Crippen LogP contribution is 2.36. The number of amides is 2. The Labute approximate surface area is 158 Å². The molecule has 2 rings (SSSR count). The lowest BCUT2D eigenvalue weighted by Gasteiger charge is -2.30. The SMILES string of the molecule is CC(C)(C)OC(=O)C(CC1CC1)C(=O)N(N)C(CC1CCNC1=O)C(=O)O. The number of rotatable bonds is 8. The summed E-state index contributed by atoms with van der Waals surface area (Å²) >= 11 is 0. The number of carbonyl (C=O) groups is 4. The third kappa shape index (κ3) is 5.92. The predicted octanol–water partition coefficient (Wildman–Crippen LogP) is 0.426. The van der Waals surface area contributed by atoms with Crippen LogP contribution >= 0.6 is 0 Å². The molecule has 1 aliphatic heterocycles. The molecule has 2 amide bonds. The maximum absolute atomic E-state index is 12.9. The lowest BCUT2D eigenvalue weighted by molar-refractivity contribution is -0.168. The first-order valence-electron chi connectivity index (χ1n) is 9.30. The average Bonchev–Trinajstić information content (AvgIpc) is 3.28. The van der Waals surface area contributed by atoms with E-state index in [2.05, 4.69) is 5.32 Å². The van der Waals surface area contributed by atoms with Crippen LogP contribution in [0.25, 0.3) is 0 Å². The molecule has 0 bridgehead atoms. The minimum atomic E-state index is -1.38. The van der Waals surface area contributed by atoms with Gasteiger partial charge < -0.3 is 15.2 Å². The molecule has 2 fully saturated rings. The van der Waals surface area contributed by atoms with E-state index < -0.39 is 41.3 Å². The third-order valence-corrected chi connectivity index (χ3v) is 4.80. The van der Waals surface area contributed by atoms with E-state index in [0.29, 0.717) is 18.0 Å². The summed E-state index contributed by atoms with van der Waals surface area (Å²) in [7, 11) is 0.